The molecule has 3 aromatic heterocycles. The van der Waals surface area contributed by atoms with E-state index < -0.39 is 22.3 Å². The Morgan fingerprint density at radius 2 is 2.25 bits per heavy atom. The van der Waals surface area contributed by atoms with Gasteiger partial charge in [0.15, 0.2) is 5.82 Å². The lowest BCUT2D eigenvalue weighted by atomic mass is 10.3. The second-order valence-corrected chi connectivity index (χ2v) is 4.78. The maximum absolute atomic E-state index is 11.0. The van der Waals surface area contributed by atoms with Gasteiger partial charge in [-0.2, -0.15) is 5.10 Å². The number of rotatable bonds is 3. The summed E-state index contributed by atoms with van der Waals surface area (Å²) in [4.78, 5) is 25.2. The van der Waals surface area contributed by atoms with Crippen molar-refractivity contribution in [2.75, 3.05) is 0 Å². The van der Waals surface area contributed by atoms with E-state index in [2.05, 4.69) is 10.1 Å². The molecule has 8 nitrogen and oxygen atoms in total. The van der Waals surface area contributed by atoms with Crippen molar-refractivity contribution < 1.29 is 14.8 Å². The molecular weight excluding hydrogens is 284 g/mol. The molecule has 1 N–H and O–H groups in total. The molecule has 100 valence electrons. The number of aromatic carboxylic acids is 1. The lowest BCUT2D eigenvalue weighted by Crippen LogP contribution is -2.03. The molecule has 0 saturated heterocycles. The van der Waals surface area contributed by atoms with Gasteiger partial charge in [-0.1, -0.05) is 0 Å². The maximum Gasteiger partial charge on any atom is 0.363 e. The second kappa shape index (κ2) is 4.38. The summed E-state index contributed by atoms with van der Waals surface area (Å²) in [5, 5.41) is 26.2. The Hall–Kier alpha value is -2.81. The van der Waals surface area contributed by atoms with Gasteiger partial charge in [-0.3, -0.25) is 10.1 Å². The van der Waals surface area contributed by atoms with Gasteiger partial charge in [-0.25, -0.2) is 14.5 Å². The molecule has 0 bridgehead atoms. The van der Waals surface area contributed by atoms with Crippen LogP contribution in [0.5, 0.6) is 0 Å². The lowest BCUT2D eigenvalue weighted by molar-refractivity contribution is -0.385. The predicted molar refractivity (Wildman–Crippen MR) is 70.4 cm³/mol. The number of aromatic nitrogens is 3. The first-order valence-corrected chi connectivity index (χ1v) is 6.26. The van der Waals surface area contributed by atoms with E-state index in [1.165, 1.54) is 11.3 Å². The van der Waals surface area contributed by atoms with Crippen LogP contribution in [0, 0.1) is 10.1 Å². The SMILES string of the molecule is O=C(O)c1nn(-c2nccc3sccc23)cc1[N+](=O)[O-]. The molecule has 3 rings (SSSR count). The van der Waals surface area contributed by atoms with Crippen LogP contribution in [0.15, 0.2) is 29.9 Å². The van der Waals surface area contributed by atoms with E-state index in [1.54, 1.807) is 18.3 Å². The molecule has 3 aromatic rings. The van der Waals surface area contributed by atoms with Gasteiger partial charge < -0.3 is 5.11 Å². The van der Waals surface area contributed by atoms with Crippen LogP contribution in [0.1, 0.15) is 10.5 Å². The van der Waals surface area contributed by atoms with Gasteiger partial charge in [0.25, 0.3) is 0 Å². The molecule has 20 heavy (non-hydrogen) atoms. The highest BCUT2D eigenvalue weighted by atomic mass is 32.1. The fourth-order valence-electron chi connectivity index (χ4n) is 1.82. The molecular formula is C11H6N4O4S. The summed E-state index contributed by atoms with van der Waals surface area (Å²) in [6.07, 6.45) is 2.60. The van der Waals surface area contributed by atoms with Gasteiger partial charge >= 0.3 is 11.7 Å². The number of fused-ring (bicyclic) bond motifs is 1. The van der Waals surface area contributed by atoms with Gasteiger partial charge in [0.1, 0.15) is 6.20 Å². The summed E-state index contributed by atoms with van der Waals surface area (Å²) in [6.45, 7) is 0. The minimum absolute atomic E-state index is 0.361. The van der Waals surface area contributed by atoms with Crippen LogP contribution in [0.25, 0.3) is 15.9 Å². The Morgan fingerprint density at radius 3 is 2.90 bits per heavy atom. The van der Waals surface area contributed by atoms with E-state index in [4.69, 9.17) is 5.11 Å². The molecule has 0 saturated carbocycles. The van der Waals surface area contributed by atoms with Crippen molar-refractivity contribution >= 4 is 33.1 Å². The average molecular weight is 290 g/mol. The number of pyridine rings is 1. The molecule has 3 heterocycles. The summed E-state index contributed by atoms with van der Waals surface area (Å²) >= 11 is 1.49. The molecule has 0 aliphatic heterocycles. The number of hydrogen-bond acceptors (Lipinski definition) is 6. The van der Waals surface area contributed by atoms with E-state index in [-0.39, 0.29) is 0 Å². The highest BCUT2D eigenvalue weighted by Gasteiger charge is 2.26. The third-order valence-electron chi connectivity index (χ3n) is 2.67. The van der Waals surface area contributed by atoms with Crippen molar-refractivity contribution in [3.8, 4) is 5.82 Å². The van der Waals surface area contributed by atoms with Crippen LogP contribution in [0.3, 0.4) is 0 Å². The number of carbonyl (C=O) groups is 1. The number of hydrogen-bond donors (Lipinski definition) is 1. The van der Waals surface area contributed by atoms with Crippen LogP contribution in [-0.4, -0.2) is 30.8 Å². The fourth-order valence-corrected chi connectivity index (χ4v) is 2.60. The Balaban J connectivity index is 2.25. The normalized spacial score (nSPS) is 10.8. The zero-order valence-corrected chi connectivity index (χ0v) is 10.6. The van der Waals surface area contributed by atoms with Gasteiger partial charge in [-0.05, 0) is 17.5 Å². The lowest BCUT2D eigenvalue weighted by Gasteiger charge is -2.00. The van der Waals surface area contributed by atoms with Crippen LogP contribution in [-0.2, 0) is 0 Å². The second-order valence-electron chi connectivity index (χ2n) is 3.84. The van der Waals surface area contributed by atoms with Gasteiger partial charge in [0, 0.05) is 16.3 Å². The van der Waals surface area contributed by atoms with Crippen molar-refractivity contribution in [1.29, 1.82) is 0 Å². The largest absolute Gasteiger partial charge is 0.476 e. The molecule has 0 atom stereocenters. The Labute approximate surface area is 115 Å². The van der Waals surface area contributed by atoms with Gasteiger partial charge in [-0.15, -0.1) is 11.3 Å². The Kier molecular flexibility index (Phi) is 2.68. The van der Waals surface area contributed by atoms with Crippen molar-refractivity contribution in [3.05, 3.63) is 45.7 Å². The maximum atomic E-state index is 11.0. The quantitative estimate of drug-likeness (QED) is 0.584. The van der Waals surface area contributed by atoms with Crippen molar-refractivity contribution in [2.45, 2.75) is 0 Å². The Morgan fingerprint density at radius 1 is 1.45 bits per heavy atom. The summed E-state index contributed by atoms with van der Waals surface area (Å²) in [5.74, 6) is -1.09. The number of thiophene rings is 1. The summed E-state index contributed by atoms with van der Waals surface area (Å²) in [7, 11) is 0. The molecule has 0 amide bonds. The molecule has 0 aliphatic carbocycles. The standard InChI is InChI=1S/C11H6N4O4S/c16-11(17)9-7(15(18)19)5-14(13-9)10-6-2-4-20-8(6)1-3-12-10/h1-5H,(H,16,17). The number of nitrogens with zero attached hydrogens (tertiary/aromatic N) is 4. The van der Waals surface area contributed by atoms with Crippen LogP contribution in [0.2, 0.25) is 0 Å². The van der Waals surface area contributed by atoms with Crippen molar-refractivity contribution in [2.24, 2.45) is 0 Å². The average Bonchev–Trinajstić information content (AvgIpc) is 3.04. The first-order chi connectivity index (χ1) is 9.58. The van der Waals surface area contributed by atoms with E-state index in [1.807, 2.05) is 5.38 Å². The molecule has 9 heteroatoms. The zero-order valence-electron chi connectivity index (χ0n) is 9.76. The van der Waals surface area contributed by atoms with E-state index in [9.17, 15) is 14.9 Å². The summed E-state index contributed by atoms with van der Waals surface area (Å²) < 4.78 is 2.06. The molecule has 0 aromatic carbocycles. The highest BCUT2D eigenvalue weighted by molar-refractivity contribution is 7.17. The Bertz CT molecular complexity index is 806. The molecule has 0 aliphatic rings. The molecule has 0 unspecified atom stereocenters. The van der Waals surface area contributed by atoms with E-state index in [0.717, 1.165) is 21.0 Å². The molecule has 0 fully saturated rings. The van der Waals surface area contributed by atoms with E-state index in [0.29, 0.717) is 5.82 Å². The first-order valence-electron chi connectivity index (χ1n) is 5.38. The minimum atomic E-state index is -1.45. The fraction of sp³-hybridized carbons (Fsp3) is 0. The summed E-state index contributed by atoms with van der Waals surface area (Å²) in [6, 6.07) is 3.61. The van der Waals surface area contributed by atoms with Crippen LogP contribution < -0.4 is 0 Å². The van der Waals surface area contributed by atoms with Crippen LogP contribution >= 0.6 is 11.3 Å². The molecule has 0 spiro atoms. The smallest absolute Gasteiger partial charge is 0.363 e. The van der Waals surface area contributed by atoms with Crippen molar-refractivity contribution in [1.82, 2.24) is 14.8 Å². The molecule has 0 radical (unpaired) electrons. The number of carboxylic acids is 1. The first kappa shape index (κ1) is 12.2. The minimum Gasteiger partial charge on any atom is -0.476 e. The number of carboxylic acid groups (broad SMARTS) is 1. The third kappa shape index (κ3) is 1.80. The topological polar surface area (TPSA) is 111 Å². The van der Waals surface area contributed by atoms with Crippen molar-refractivity contribution in [3.63, 3.8) is 0 Å². The third-order valence-corrected chi connectivity index (χ3v) is 3.55. The highest BCUT2D eigenvalue weighted by Crippen LogP contribution is 2.26. The van der Waals surface area contributed by atoms with Crippen LogP contribution in [0.4, 0.5) is 5.69 Å². The van der Waals surface area contributed by atoms with Gasteiger partial charge in [0.2, 0.25) is 5.69 Å². The van der Waals surface area contributed by atoms with Gasteiger partial charge in [0.05, 0.1) is 4.92 Å². The zero-order chi connectivity index (χ0) is 14.3. The predicted octanol–water partition coefficient (Wildman–Crippen LogP) is 2.09. The number of nitro groups is 1. The van der Waals surface area contributed by atoms with E-state index >= 15 is 0 Å². The summed E-state index contributed by atoms with van der Waals surface area (Å²) in [5.41, 5.74) is -1.17. The monoisotopic (exact) mass is 290 g/mol.